The van der Waals surface area contributed by atoms with Gasteiger partial charge in [0, 0.05) is 0 Å². The molecule has 0 fully saturated rings. The highest BCUT2D eigenvalue weighted by Gasteiger charge is 2.04. The second kappa shape index (κ2) is 6.82. The summed E-state index contributed by atoms with van der Waals surface area (Å²) in [5.74, 6) is 0. The number of hydrogen-bond acceptors (Lipinski definition) is 0. The zero-order valence-electron chi connectivity index (χ0n) is 13.9. The minimum absolute atomic E-state index is 0.781. The van der Waals surface area contributed by atoms with Crippen LogP contribution in [0.5, 0.6) is 0 Å². The molecular formula is C24H17B. The lowest BCUT2D eigenvalue weighted by molar-refractivity contribution is 1.59. The predicted octanol–water partition coefficient (Wildman–Crippen LogP) is 5.48. The Labute approximate surface area is 150 Å². The fraction of sp³-hybridized carbons (Fsp3) is 0. The third-order valence-electron chi connectivity index (χ3n) is 4.39. The number of benzene rings is 4. The average molecular weight is 316 g/mol. The van der Waals surface area contributed by atoms with Crippen molar-refractivity contribution in [2.45, 2.75) is 0 Å². The summed E-state index contributed by atoms with van der Waals surface area (Å²) in [5, 5.41) is 0. The molecule has 2 radical (unpaired) electrons. The third-order valence-corrected chi connectivity index (χ3v) is 4.39. The molecule has 25 heavy (non-hydrogen) atoms. The Bertz CT molecular complexity index is 971. The summed E-state index contributed by atoms with van der Waals surface area (Å²) in [6, 6.07) is 35.7. The molecule has 0 unspecified atom stereocenters. The molecule has 0 N–H and O–H groups in total. The van der Waals surface area contributed by atoms with E-state index in [1.807, 2.05) is 36.4 Å². The van der Waals surface area contributed by atoms with Gasteiger partial charge in [-0.1, -0.05) is 103 Å². The van der Waals surface area contributed by atoms with E-state index in [2.05, 4.69) is 66.7 Å². The van der Waals surface area contributed by atoms with E-state index in [0.29, 0.717) is 0 Å². The standard InChI is InChI=1S/C24H17B/c25-24-16-22(19-9-5-2-6-10-19)15-23(17-24)21-13-11-20(12-14-21)18-7-3-1-4-8-18/h1-17H. The topological polar surface area (TPSA) is 0 Å². The Morgan fingerprint density at radius 3 is 1.20 bits per heavy atom. The molecule has 1 heteroatoms. The molecule has 0 aliphatic heterocycles. The number of rotatable bonds is 3. The second-order valence-electron chi connectivity index (χ2n) is 6.15. The minimum atomic E-state index is 0.781. The van der Waals surface area contributed by atoms with Crippen LogP contribution in [0.15, 0.2) is 103 Å². The van der Waals surface area contributed by atoms with Crippen molar-refractivity contribution in [3.05, 3.63) is 103 Å². The summed E-state index contributed by atoms with van der Waals surface area (Å²) in [7, 11) is 6.16. The summed E-state index contributed by atoms with van der Waals surface area (Å²) in [4.78, 5) is 0. The van der Waals surface area contributed by atoms with Crippen LogP contribution in [0, 0.1) is 0 Å². The molecule has 0 aromatic heterocycles. The first-order valence-electron chi connectivity index (χ1n) is 8.41. The molecule has 0 saturated carbocycles. The van der Waals surface area contributed by atoms with Crippen LogP contribution in [-0.4, -0.2) is 7.85 Å². The molecule has 0 spiro atoms. The fourth-order valence-corrected chi connectivity index (χ4v) is 3.10. The molecule has 4 rings (SSSR count). The molecule has 4 aromatic rings. The van der Waals surface area contributed by atoms with Crippen LogP contribution in [0.2, 0.25) is 0 Å². The van der Waals surface area contributed by atoms with Gasteiger partial charge in [0.1, 0.15) is 7.85 Å². The lowest BCUT2D eigenvalue weighted by Gasteiger charge is -2.10. The van der Waals surface area contributed by atoms with Crippen molar-refractivity contribution < 1.29 is 0 Å². The van der Waals surface area contributed by atoms with Crippen LogP contribution in [0.25, 0.3) is 33.4 Å². The maximum atomic E-state index is 6.16. The summed E-state index contributed by atoms with van der Waals surface area (Å²) in [6.07, 6.45) is 0. The lowest BCUT2D eigenvalue weighted by atomic mass is 9.88. The molecule has 0 amide bonds. The van der Waals surface area contributed by atoms with Crippen molar-refractivity contribution >= 4 is 13.3 Å². The number of hydrogen-bond donors (Lipinski definition) is 0. The van der Waals surface area contributed by atoms with Crippen LogP contribution >= 0.6 is 0 Å². The van der Waals surface area contributed by atoms with Gasteiger partial charge in [-0.05, 0) is 39.4 Å². The van der Waals surface area contributed by atoms with Gasteiger partial charge in [0.2, 0.25) is 0 Å². The molecule has 4 aromatic carbocycles. The van der Waals surface area contributed by atoms with E-state index in [-0.39, 0.29) is 0 Å². The molecule has 0 bridgehead atoms. The van der Waals surface area contributed by atoms with Crippen molar-refractivity contribution in [1.29, 1.82) is 0 Å². The van der Waals surface area contributed by atoms with Gasteiger partial charge in [-0.2, -0.15) is 0 Å². The van der Waals surface area contributed by atoms with E-state index in [4.69, 9.17) is 7.85 Å². The Hall–Kier alpha value is -3.06. The van der Waals surface area contributed by atoms with Crippen LogP contribution in [0.1, 0.15) is 0 Å². The van der Waals surface area contributed by atoms with Gasteiger partial charge in [-0.3, -0.25) is 0 Å². The van der Waals surface area contributed by atoms with E-state index in [0.717, 1.165) is 16.6 Å². The van der Waals surface area contributed by atoms with Gasteiger partial charge in [-0.25, -0.2) is 0 Å². The first kappa shape index (κ1) is 15.5. The summed E-state index contributed by atoms with van der Waals surface area (Å²) < 4.78 is 0. The average Bonchev–Trinajstić information content (AvgIpc) is 2.69. The monoisotopic (exact) mass is 316 g/mol. The van der Waals surface area contributed by atoms with E-state index in [9.17, 15) is 0 Å². The zero-order valence-corrected chi connectivity index (χ0v) is 13.9. The van der Waals surface area contributed by atoms with Gasteiger partial charge < -0.3 is 0 Å². The largest absolute Gasteiger partial charge is 0.113 e. The Kier molecular flexibility index (Phi) is 4.22. The van der Waals surface area contributed by atoms with Gasteiger partial charge >= 0.3 is 0 Å². The Balaban J connectivity index is 1.71. The molecule has 0 heterocycles. The van der Waals surface area contributed by atoms with Crippen LogP contribution in [-0.2, 0) is 0 Å². The molecule has 0 aliphatic carbocycles. The van der Waals surface area contributed by atoms with Crippen molar-refractivity contribution in [3.63, 3.8) is 0 Å². The highest BCUT2D eigenvalue weighted by molar-refractivity contribution is 6.33. The van der Waals surface area contributed by atoms with Gasteiger partial charge in [0.15, 0.2) is 0 Å². The summed E-state index contributed by atoms with van der Waals surface area (Å²) in [5.41, 5.74) is 7.86. The third kappa shape index (κ3) is 3.41. The van der Waals surface area contributed by atoms with E-state index < -0.39 is 0 Å². The highest BCUT2D eigenvalue weighted by atomic mass is 14.1. The van der Waals surface area contributed by atoms with Crippen molar-refractivity contribution in [3.8, 4) is 33.4 Å². The quantitative estimate of drug-likeness (QED) is 0.439. The molecule has 0 aliphatic rings. The smallest absolute Gasteiger partial charge is 0.0955 e. The predicted molar refractivity (Wildman–Crippen MR) is 108 cm³/mol. The van der Waals surface area contributed by atoms with E-state index in [1.54, 1.807) is 0 Å². The van der Waals surface area contributed by atoms with Gasteiger partial charge in [-0.15, -0.1) is 0 Å². The zero-order chi connectivity index (χ0) is 17.1. The normalized spacial score (nSPS) is 10.6. The fourth-order valence-electron chi connectivity index (χ4n) is 3.10. The molecule has 0 saturated heterocycles. The maximum Gasteiger partial charge on any atom is 0.113 e. The summed E-state index contributed by atoms with van der Waals surface area (Å²) >= 11 is 0. The van der Waals surface area contributed by atoms with Crippen molar-refractivity contribution in [2.75, 3.05) is 0 Å². The van der Waals surface area contributed by atoms with Crippen molar-refractivity contribution in [2.24, 2.45) is 0 Å². The maximum absolute atomic E-state index is 6.16. The summed E-state index contributed by atoms with van der Waals surface area (Å²) in [6.45, 7) is 0. The highest BCUT2D eigenvalue weighted by Crippen LogP contribution is 2.27. The molecule has 0 nitrogen and oxygen atoms in total. The van der Waals surface area contributed by atoms with Crippen LogP contribution < -0.4 is 5.46 Å². The minimum Gasteiger partial charge on any atom is -0.0955 e. The van der Waals surface area contributed by atoms with Gasteiger partial charge in [0.25, 0.3) is 0 Å². The Morgan fingerprint density at radius 2 is 0.720 bits per heavy atom. The van der Waals surface area contributed by atoms with E-state index in [1.165, 1.54) is 22.3 Å². The second-order valence-corrected chi connectivity index (χ2v) is 6.15. The van der Waals surface area contributed by atoms with Crippen LogP contribution in [0.4, 0.5) is 0 Å². The first-order valence-corrected chi connectivity index (χ1v) is 8.41. The molecule has 0 atom stereocenters. The first-order chi connectivity index (χ1) is 12.3. The SMILES string of the molecule is [B]c1cc(-c2ccccc2)cc(-c2ccc(-c3ccccc3)cc2)c1. The molecular weight excluding hydrogens is 299 g/mol. The van der Waals surface area contributed by atoms with Crippen molar-refractivity contribution in [1.82, 2.24) is 0 Å². The van der Waals surface area contributed by atoms with Crippen LogP contribution in [0.3, 0.4) is 0 Å². The van der Waals surface area contributed by atoms with Gasteiger partial charge in [0.05, 0.1) is 0 Å². The molecule has 116 valence electrons. The van der Waals surface area contributed by atoms with E-state index >= 15 is 0 Å². The Morgan fingerprint density at radius 1 is 0.360 bits per heavy atom. The lowest BCUT2D eigenvalue weighted by Crippen LogP contribution is -2.02.